The molecule has 1 amide bonds. The summed E-state index contributed by atoms with van der Waals surface area (Å²) in [5.74, 6) is -0.976. The van der Waals surface area contributed by atoms with Crippen LogP contribution in [0.25, 0.3) is 6.08 Å². The largest absolute Gasteiger partial charge is 0.501 e. The second-order valence-corrected chi connectivity index (χ2v) is 7.95. The number of nitro groups is 2. The maximum absolute atomic E-state index is 12.7. The van der Waals surface area contributed by atoms with Gasteiger partial charge in [-0.2, -0.15) is 0 Å². The zero-order valence-electron chi connectivity index (χ0n) is 13.6. The molecule has 0 radical (unpaired) electrons. The lowest BCUT2D eigenvalue weighted by Crippen LogP contribution is -2.27. The molecule has 1 aliphatic rings. The molecule has 2 aromatic rings. The van der Waals surface area contributed by atoms with Gasteiger partial charge in [0.05, 0.1) is 24.9 Å². The average molecular weight is 482 g/mol. The van der Waals surface area contributed by atoms with E-state index >= 15 is 0 Å². The highest BCUT2D eigenvalue weighted by Gasteiger charge is 2.33. The predicted octanol–water partition coefficient (Wildman–Crippen LogP) is 4.38. The van der Waals surface area contributed by atoms with E-state index in [1.165, 1.54) is 41.3 Å². The molecular formula is C16H8BrN3O6S2. The molecule has 1 aliphatic heterocycles. The quantitative estimate of drug-likeness (QED) is 0.295. The zero-order chi connectivity index (χ0) is 20.6. The van der Waals surface area contributed by atoms with Crippen LogP contribution in [-0.2, 0) is 4.79 Å². The molecule has 0 aromatic heterocycles. The summed E-state index contributed by atoms with van der Waals surface area (Å²) >= 11 is 9.26. The Balaban J connectivity index is 1.95. The van der Waals surface area contributed by atoms with Gasteiger partial charge in [-0.15, -0.1) is 0 Å². The second-order valence-electron chi connectivity index (χ2n) is 5.42. The third kappa shape index (κ3) is 3.74. The number of nitrogens with zero attached hydrogens (tertiary/aromatic N) is 3. The molecule has 0 aliphatic carbocycles. The zero-order valence-corrected chi connectivity index (χ0v) is 16.8. The summed E-state index contributed by atoms with van der Waals surface area (Å²) in [6, 6.07) is 7.91. The molecule has 3 rings (SSSR count). The van der Waals surface area contributed by atoms with E-state index in [0.29, 0.717) is 11.3 Å². The van der Waals surface area contributed by atoms with Crippen molar-refractivity contribution in [2.24, 2.45) is 0 Å². The number of halogens is 1. The van der Waals surface area contributed by atoms with Crippen LogP contribution >= 0.6 is 39.9 Å². The molecule has 1 fully saturated rings. The lowest BCUT2D eigenvalue weighted by atomic mass is 10.1. The molecule has 0 bridgehead atoms. The number of amides is 1. The number of hydrogen-bond acceptors (Lipinski definition) is 8. The number of hydrogen-bond donors (Lipinski definition) is 1. The van der Waals surface area contributed by atoms with Crippen molar-refractivity contribution in [3.05, 3.63) is 71.6 Å². The molecule has 9 nitrogen and oxygen atoms in total. The number of benzene rings is 2. The van der Waals surface area contributed by atoms with Gasteiger partial charge >= 0.3 is 5.69 Å². The average Bonchev–Trinajstić information content (AvgIpc) is 2.91. The summed E-state index contributed by atoms with van der Waals surface area (Å²) in [7, 11) is 0. The molecule has 1 N–H and O–H groups in total. The third-order valence-electron chi connectivity index (χ3n) is 3.67. The minimum atomic E-state index is -0.737. The molecule has 2 aromatic carbocycles. The van der Waals surface area contributed by atoms with E-state index in [-0.39, 0.29) is 19.4 Å². The van der Waals surface area contributed by atoms with Gasteiger partial charge in [-0.3, -0.25) is 29.9 Å². The van der Waals surface area contributed by atoms with E-state index in [2.05, 4.69) is 15.9 Å². The van der Waals surface area contributed by atoms with Crippen LogP contribution in [0.1, 0.15) is 5.56 Å². The number of carbonyl (C=O) groups excluding carboxylic acids is 1. The van der Waals surface area contributed by atoms with Gasteiger partial charge in [0, 0.05) is 18.2 Å². The number of thioether (sulfide) groups is 1. The monoisotopic (exact) mass is 481 g/mol. The lowest BCUT2D eigenvalue weighted by molar-refractivity contribution is -0.386. The van der Waals surface area contributed by atoms with Gasteiger partial charge in [0.2, 0.25) is 5.75 Å². The fourth-order valence-corrected chi connectivity index (χ4v) is 4.16. The minimum Gasteiger partial charge on any atom is -0.501 e. The Hall–Kier alpha value is -2.83. The molecule has 1 saturated heterocycles. The fraction of sp³-hybridized carbons (Fsp3) is 0. The number of phenolic OH excluding ortho intramolecular Hbond substituents is 1. The number of non-ortho nitro benzene ring substituents is 1. The van der Waals surface area contributed by atoms with Crippen molar-refractivity contribution in [1.29, 1.82) is 0 Å². The third-order valence-corrected chi connectivity index (χ3v) is 5.58. The first-order valence-electron chi connectivity index (χ1n) is 7.38. The first-order valence-corrected chi connectivity index (χ1v) is 9.40. The Bertz CT molecular complexity index is 1070. The van der Waals surface area contributed by atoms with Gasteiger partial charge in [0.15, 0.2) is 4.32 Å². The number of phenols is 1. The molecule has 142 valence electrons. The highest BCUT2D eigenvalue weighted by molar-refractivity contribution is 9.10. The fourth-order valence-electron chi connectivity index (χ4n) is 2.39. The van der Waals surface area contributed by atoms with E-state index in [1.807, 2.05) is 0 Å². The molecule has 28 heavy (non-hydrogen) atoms. The van der Waals surface area contributed by atoms with Crippen LogP contribution in [0, 0.1) is 20.2 Å². The Morgan fingerprint density at radius 2 is 1.79 bits per heavy atom. The topological polar surface area (TPSA) is 127 Å². The minimum absolute atomic E-state index is 0.110. The van der Waals surface area contributed by atoms with Gasteiger partial charge in [-0.1, -0.05) is 24.0 Å². The van der Waals surface area contributed by atoms with Crippen molar-refractivity contribution in [2.75, 3.05) is 4.90 Å². The summed E-state index contributed by atoms with van der Waals surface area (Å²) in [6.45, 7) is 0. The van der Waals surface area contributed by atoms with Crippen LogP contribution < -0.4 is 4.90 Å². The van der Waals surface area contributed by atoms with E-state index in [4.69, 9.17) is 12.2 Å². The van der Waals surface area contributed by atoms with Crippen molar-refractivity contribution < 1.29 is 19.7 Å². The van der Waals surface area contributed by atoms with Crippen LogP contribution in [0.3, 0.4) is 0 Å². The number of anilines is 1. The van der Waals surface area contributed by atoms with E-state index < -0.39 is 27.2 Å². The summed E-state index contributed by atoms with van der Waals surface area (Å²) in [5, 5.41) is 31.5. The van der Waals surface area contributed by atoms with E-state index in [0.717, 1.165) is 17.8 Å². The highest BCUT2D eigenvalue weighted by Crippen LogP contribution is 2.39. The van der Waals surface area contributed by atoms with Crippen molar-refractivity contribution >= 4 is 73.3 Å². The van der Waals surface area contributed by atoms with Crippen LogP contribution in [-0.4, -0.2) is 25.2 Å². The van der Waals surface area contributed by atoms with E-state index in [1.54, 1.807) is 0 Å². The lowest BCUT2D eigenvalue weighted by Gasteiger charge is -2.13. The van der Waals surface area contributed by atoms with Crippen LogP contribution in [0.4, 0.5) is 17.1 Å². The number of carbonyl (C=O) groups is 1. The number of rotatable bonds is 4. The summed E-state index contributed by atoms with van der Waals surface area (Å²) in [6.07, 6.45) is 1.42. The smallest absolute Gasteiger partial charge is 0.312 e. The van der Waals surface area contributed by atoms with Gasteiger partial charge in [0.1, 0.15) is 0 Å². The maximum atomic E-state index is 12.7. The van der Waals surface area contributed by atoms with Gasteiger partial charge in [-0.05, 0) is 45.8 Å². The molecular weight excluding hydrogens is 474 g/mol. The Labute approximate surface area is 175 Å². The van der Waals surface area contributed by atoms with Crippen molar-refractivity contribution in [3.8, 4) is 5.75 Å². The van der Waals surface area contributed by atoms with Gasteiger partial charge in [0.25, 0.3) is 11.6 Å². The first kappa shape index (κ1) is 19.9. The summed E-state index contributed by atoms with van der Waals surface area (Å²) < 4.78 is 0.330. The maximum Gasteiger partial charge on any atom is 0.312 e. The van der Waals surface area contributed by atoms with Crippen LogP contribution in [0.5, 0.6) is 5.75 Å². The predicted molar refractivity (Wildman–Crippen MR) is 111 cm³/mol. The van der Waals surface area contributed by atoms with E-state index in [9.17, 15) is 30.1 Å². The Kier molecular flexibility index (Phi) is 5.45. The first-order chi connectivity index (χ1) is 13.2. The number of nitro benzene ring substituents is 2. The standard InChI is InChI=1S/C16H8BrN3O6S2/c17-11-5-8(6-12(14(11)21)20(25)26)7-13-15(22)18(16(27)28-13)9-1-3-10(4-2-9)19(23)24/h1-7,21H. The Morgan fingerprint density at radius 3 is 2.36 bits per heavy atom. The van der Waals surface area contributed by atoms with Crippen molar-refractivity contribution in [1.82, 2.24) is 0 Å². The van der Waals surface area contributed by atoms with Gasteiger partial charge < -0.3 is 5.11 Å². The highest BCUT2D eigenvalue weighted by atomic mass is 79.9. The normalized spacial score (nSPS) is 15.3. The number of thiocarbonyl (C=S) groups is 1. The SMILES string of the molecule is O=C1C(=Cc2cc(Br)c(O)c([N+](=O)[O-])c2)SC(=S)N1c1ccc([N+](=O)[O-])cc1. The number of aromatic hydroxyl groups is 1. The molecule has 0 saturated carbocycles. The van der Waals surface area contributed by atoms with Gasteiger partial charge in [-0.25, -0.2) is 0 Å². The van der Waals surface area contributed by atoms with Crippen LogP contribution in [0.15, 0.2) is 45.8 Å². The van der Waals surface area contributed by atoms with Crippen LogP contribution in [0.2, 0.25) is 0 Å². The van der Waals surface area contributed by atoms with Crippen molar-refractivity contribution in [3.63, 3.8) is 0 Å². The second kappa shape index (κ2) is 7.66. The summed E-state index contributed by atoms with van der Waals surface area (Å²) in [4.78, 5) is 34.7. The Morgan fingerprint density at radius 1 is 1.14 bits per heavy atom. The molecule has 0 atom stereocenters. The molecule has 0 unspecified atom stereocenters. The molecule has 0 spiro atoms. The van der Waals surface area contributed by atoms with Crippen molar-refractivity contribution in [2.45, 2.75) is 0 Å². The summed E-state index contributed by atoms with van der Waals surface area (Å²) in [5.41, 5.74) is 0.0624. The molecule has 12 heteroatoms. The molecule has 1 heterocycles.